The van der Waals surface area contributed by atoms with E-state index in [1.807, 2.05) is 0 Å². The second kappa shape index (κ2) is 1.75. The molecule has 0 saturated carbocycles. The van der Waals surface area contributed by atoms with E-state index in [-0.39, 0.29) is 0 Å². The molecule has 1 heterocycles. The van der Waals surface area contributed by atoms with Crippen molar-refractivity contribution in [3.63, 3.8) is 0 Å². The molecule has 0 radical (unpaired) electrons. The Morgan fingerprint density at radius 1 is 1.25 bits per heavy atom. The first kappa shape index (κ1) is 5.57. The van der Waals surface area contributed by atoms with E-state index in [1.165, 1.54) is 0 Å². The average Bonchev–Trinajstić information content (AvgIpc) is 2.17. The fourth-order valence-corrected chi connectivity index (χ4v) is 0.753. The number of hydrogen-bond donors (Lipinski definition) is 0. The number of nitrogens with zero attached hydrogens (tertiary/aromatic N) is 1. The van der Waals surface area contributed by atoms with Crippen LogP contribution in [-0.4, -0.2) is 18.1 Å². The molecule has 0 aliphatic carbocycles. The lowest BCUT2D eigenvalue weighted by Gasteiger charge is -2.20. The molecule has 0 fully saturated rings. The van der Waals surface area contributed by atoms with Crippen molar-refractivity contribution in [2.24, 2.45) is 0 Å². The molecule has 0 saturated heterocycles. The molecule has 0 aromatic heterocycles. The molecule has 1 heteroatoms. The Kier molecular flexibility index (Phi) is 1.22. The normalized spacial score (nSPS) is 22.2. The third-order valence-corrected chi connectivity index (χ3v) is 1.65. The second-order valence-corrected chi connectivity index (χ2v) is 2.35. The Morgan fingerprint density at radius 3 is 2.00 bits per heavy atom. The molecule has 44 valence electrons. The van der Waals surface area contributed by atoms with Crippen molar-refractivity contribution >= 4 is 0 Å². The van der Waals surface area contributed by atoms with Crippen LogP contribution >= 0.6 is 0 Å². The zero-order valence-corrected chi connectivity index (χ0v) is 5.46. The lowest BCUT2D eigenvalue weighted by Crippen LogP contribution is -2.29. The fourth-order valence-electron chi connectivity index (χ4n) is 0.753. The van der Waals surface area contributed by atoms with Crippen LogP contribution in [0.4, 0.5) is 0 Å². The van der Waals surface area contributed by atoms with Crippen molar-refractivity contribution in [3.05, 3.63) is 24.6 Å². The van der Waals surface area contributed by atoms with Gasteiger partial charge in [0.05, 0.1) is 13.6 Å². The Balaban J connectivity index is 2.69. The molecule has 1 aliphatic rings. The zero-order valence-electron chi connectivity index (χ0n) is 5.46. The third kappa shape index (κ3) is 0.819. The summed E-state index contributed by atoms with van der Waals surface area (Å²) in [6.07, 6.45) is 8.53. The van der Waals surface area contributed by atoms with Gasteiger partial charge in [-0.2, -0.15) is 0 Å². The van der Waals surface area contributed by atoms with Gasteiger partial charge in [-0.05, 0) is 19.1 Å². The summed E-state index contributed by atoms with van der Waals surface area (Å²) in [4.78, 5) is 0. The Morgan fingerprint density at radius 2 is 1.75 bits per heavy atom. The topological polar surface area (TPSA) is 0 Å². The van der Waals surface area contributed by atoms with Gasteiger partial charge in [-0.15, -0.1) is 0 Å². The molecule has 1 nitrogen and oxygen atoms in total. The van der Waals surface area contributed by atoms with E-state index < -0.39 is 0 Å². The molecular weight excluding hydrogens is 98.1 g/mol. The highest BCUT2D eigenvalue weighted by atomic mass is 15.3. The quantitative estimate of drug-likeness (QED) is 0.449. The van der Waals surface area contributed by atoms with Gasteiger partial charge in [0.25, 0.3) is 0 Å². The minimum atomic E-state index is 0.958. The fraction of sp³-hybridized carbons (Fsp3) is 0.429. The molecule has 1 rings (SSSR count). The minimum absolute atomic E-state index is 0.958. The van der Waals surface area contributed by atoms with Crippen LogP contribution in [0.25, 0.3) is 0 Å². The molecular formula is C7H12N+. The highest BCUT2D eigenvalue weighted by Gasteiger charge is 2.13. The Bertz CT molecular complexity index is 121. The SMILES string of the molecule is CC[N+]1(C)C=CC=C1. The summed E-state index contributed by atoms with van der Waals surface area (Å²) in [5.74, 6) is 0. The maximum absolute atomic E-state index is 2.18. The van der Waals surface area contributed by atoms with Crippen LogP contribution in [0.5, 0.6) is 0 Å². The predicted molar refractivity (Wildman–Crippen MR) is 35.0 cm³/mol. The van der Waals surface area contributed by atoms with Gasteiger partial charge in [0.1, 0.15) is 12.4 Å². The maximum atomic E-state index is 2.18. The molecule has 0 aromatic carbocycles. The lowest BCUT2D eigenvalue weighted by atomic mass is 10.5. The molecule has 0 amide bonds. The molecule has 0 aromatic rings. The Labute approximate surface area is 50.5 Å². The lowest BCUT2D eigenvalue weighted by molar-refractivity contribution is -0.801. The maximum Gasteiger partial charge on any atom is 0.100 e. The smallest absolute Gasteiger partial charge is 0.100 e. The van der Waals surface area contributed by atoms with E-state index in [9.17, 15) is 0 Å². The van der Waals surface area contributed by atoms with Crippen LogP contribution in [0.1, 0.15) is 6.92 Å². The third-order valence-electron chi connectivity index (χ3n) is 1.65. The molecule has 8 heavy (non-hydrogen) atoms. The summed E-state index contributed by atoms with van der Waals surface area (Å²) in [5.41, 5.74) is 0. The van der Waals surface area contributed by atoms with Crippen LogP contribution in [0.2, 0.25) is 0 Å². The number of allylic oxidation sites excluding steroid dienone is 2. The first-order valence-corrected chi connectivity index (χ1v) is 2.99. The predicted octanol–water partition coefficient (Wildman–Crippen LogP) is 1.49. The number of rotatable bonds is 1. The van der Waals surface area contributed by atoms with Crippen LogP contribution in [0.15, 0.2) is 24.6 Å². The summed E-state index contributed by atoms with van der Waals surface area (Å²) in [6, 6.07) is 0. The van der Waals surface area contributed by atoms with Crippen LogP contribution in [0, 0.1) is 0 Å². The van der Waals surface area contributed by atoms with E-state index in [1.54, 1.807) is 0 Å². The van der Waals surface area contributed by atoms with Crippen molar-refractivity contribution in [2.45, 2.75) is 6.92 Å². The largest absolute Gasteiger partial charge is 0.274 e. The summed E-state index contributed by atoms with van der Waals surface area (Å²) in [7, 11) is 2.18. The Hall–Kier alpha value is -0.560. The van der Waals surface area contributed by atoms with Gasteiger partial charge in [0, 0.05) is 0 Å². The average molecular weight is 110 g/mol. The van der Waals surface area contributed by atoms with E-state index in [0.717, 1.165) is 11.0 Å². The molecule has 0 spiro atoms. The van der Waals surface area contributed by atoms with Gasteiger partial charge in [-0.1, -0.05) is 0 Å². The molecule has 0 N–H and O–H groups in total. The molecule has 0 unspecified atom stereocenters. The van der Waals surface area contributed by atoms with E-state index in [0.29, 0.717) is 0 Å². The first-order chi connectivity index (χ1) is 3.77. The highest BCUT2D eigenvalue weighted by molar-refractivity contribution is 5.03. The second-order valence-electron chi connectivity index (χ2n) is 2.35. The van der Waals surface area contributed by atoms with Gasteiger partial charge in [-0.25, -0.2) is 0 Å². The first-order valence-electron chi connectivity index (χ1n) is 2.99. The summed E-state index contributed by atoms with van der Waals surface area (Å²) in [6.45, 7) is 3.33. The van der Waals surface area contributed by atoms with Crippen molar-refractivity contribution in [2.75, 3.05) is 13.6 Å². The van der Waals surface area contributed by atoms with Crippen LogP contribution in [-0.2, 0) is 0 Å². The van der Waals surface area contributed by atoms with Gasteiger partial charge in [0.15, 0.2) is 0 Å². The van der Waals surface area contributed by atoms with Gasteiger partial charge in [0.2, 0.25) is 0 Å². The number of hydrogen-bond acceptors (Lipinski definition) is 0. The van der Waals surface area contributed by atoms with E-state index in [4.69, 9.17) is 0 Å². The van der Waals surface area contributed by atoms with Gasteiger partial charge in [-0.3, -0.25) is 4.48 Å². The van der Waals surface area contributed by atoms with Crippen LogP contribution < -0.4 is 0 Å². The molecule has 1 aliphatic heterocycles. The van der Waals surface area contributed by atoms with Crippen molar-refractivity contribution in [1.82, 2.24) is 0 Å². The van der Waals surface area contributed by atoms with E-state index in [2.05, 4.69) is 38.5 Å². The summed E-state index contributed by atoms with van der Waals surface area (Å²) >= 11 is 0. The van der Waals surface area contributed by atoms with E-state index >= 15 is 0 Å². The number of quaternary nitrogens is 1. The monoisotopic (exact) mass is 110 g/mol. The zero-order chi connectivity index (χ0) is 6.04. The van der Waals surface area contributed by atoms with Crippen molar-refractivity contribution in [1.29, 1.82) is 0 Å². The molecule has 0 bridgehead atoms. The van der Waals surface area contributed by atoms with Crippen LogP contribution in [0.3, 0.4) is 0 Å². The minimum Gasteiger partial charge on any atom is -0.274 e. The van der Waals surface area contributed by atoms with Crippen molar-refractivity contribution in [3.8, 4) is 0 Å². The van der Waals surface area contributed by atoms with Crippen molar-refractivity contribution < 1.29 is 4.48 Å². The summed E-state index contributed by atoms with van der Waals surface area (Å²) in [5, 5.41) is 0. The van der Waals surface area contributed by atoms with Gasteiger partial charge < -0.3 is 0 Å². The summed E-state index contributed by atoms with van der Waals surface area (Å²) < 4.78 is 0.958. The van der Waals surface area contributed by atoms with Gasteiger partial charge >= 0.3 is 0 Å². The standard InChI is InChI=1S/C7H12N/c1-3-8(2)6-4-5-7-8/h4-7H,3H2,1-2H3/q+1. The molecule has 0 atom stereocenters. The highest BCUT2D eigenvalue weighted by Crippen LogP contribution is 2.09.